The maximum absolute atomic E-state index is 11.8. The zero-order valence-corrected chi connectivity index (χ0v) is 14.3. The quantitative estimate of drug-likeness (QED) is 0.581. The van der Waals surface area contributed by atoms with E-state index in [1.807, 2.05) is 27.7 Å². The Labute approximate surface area is 137 Å². The van der Waals surface area contributed by atoms with Gasteiger partial charge in [-0.3, -0.25) is 0 Å². The number of ether oxygens (including phenoxy) is 4. The molecule has 1 saturated heterocycles. The first-order valence-corrected chi connectivity index (χ1v) is 7.71. The summed E-state index contributed by atoms with van der Waals surface area (Å²) in [7, 11) is 1.60. The minimum atomic E-state index is -0.791. The molecule has 1 aromatic carbocycles. The molecule has 0 saturated carbocycles. The summed E-state index contributed by atoms with van der Waals surface area (Å²) in [5.74, 6) is 1.78. The zero-order chi connectivity index (χ0) is 17.2. The van der Waals surface area contributed by atoms with E-state index >= 15 is 0 Å². The highest BCUT2D eigenvalue weighted by molar-refractivity contribution is 5.64. The summed E-state index contributed by atoms with van der Waals surface area (Å²) in [5, 5.41) is 0. The molecule has 5 nitrogen and oxygen atoms in total. The maximum Gasteiger partial charge on any atom is 0.509 e. The zero-order valence-electron chi connectivity index (χ0n) is 14.3. The van der Waals surface area contributed by atoms with E-state index in [1.54, 1.807) is 31.4 Å². The first-order chi connectivity index (χ1) is 10.8. The topological polar surface area (TPSA) is 54.0 Å². The van der Waals surface area contributed by atoms with Gasteiger partial charge in [0.2, 0.25) is 6.10 Å². The Morgan fingerprint density at radius 2 is 1.65 bits per heavy atom. The molecule has 0 aliphatic carbocycles. The van der Waals surface area contributed by atoms with Gasteiger partial charge in [-0.05, 0) is 36.1 Å². The van der Waals surface area contributed by atoms with Crippen molar-refractivity contribution in [1.29, 1.82) is 0 Å². The van der Waals surface area contributed by atoms with Crippen molar-refractivity contribution in [3.63, 3.8) is 0 Å². The van der Waals surface area contributed by atoms with Crippen molar-refractivity contribution < 1.29 is 23.7 Å². The van der Waals surface area contributed by atoms with Crippen molar-refractivity contribution in [2.24, 2.45) is 11.8 Å². The molecule has 0 aromatic heterocycles. The van der Waals surface area contributed by atoms with Crippen LogP contribution >= 0.6 is 0 Å². The fourth-order valence-electron chi connectivity index (χ4n) is 3.08. The molecule has 2 rings (SSSR count). The van der Waals surface area contributed by atoms with Gasteiger partial charge < -0.3 is 18.9 Å². The van der Waals surface area contributed by atoms with Crippen molar-refractivity contribution in [3.8, 4) is 11.5 Å². The summed E-state index contributed by atoms with van der Waals surface area (Å²) in [6.45, 7) is 11.9. The lowest BCUT2D eigenvalue weighted by atomic mass is 9.75. The van der Waals surface area contributed by atoms with Gasteiger partial charge in [-0.1, -0.05) is 34.3 Å². The molecule has 1 atom stereocenters. The van der Waals surface area contributed by atoms with Crippen LogP contribution in [0.2, 0.25) is 0 Å². The molecular weight excluding hydrogens is 296 g/mol. The van der Waals surface area contributed by atoms with Crippen LogP contribution in [0.15, 0.2) is 36.6 Å². The summed E-state index contributed by atoms with van der Waals surface area (Å²) < 4.78 is 21.8. The highest BCUT2D eigenvalue weighted by Gasteiger charge is 2.57. The molecule has 1 aliphatic heterocycles. The molecule has 0 bridgehead atoms. The van der Waals surface area contributed by atoms with Gasteiger partial charge in [0.05, 0.1) is 7.11 Å². The van der Waals surface area contributed by atoms with E-state index in [4.69, 9.17) is 18.9 Å². The lowest BCUT2D eigenvalue weighted by Gasteiger charge is -2.38. The van der Waals surface area contributed by atoms with Crippen LogP contribution in [-0.4, -0.2) is 25.0 Å². The fourth-order valence-corrected chi connectivity index (χ4v) is 3.08. The molecule has 1 aliphatic rings. The van der Waals surface area contributed by atoms with E-state index in [1.165, 1.54) is 0 Å². The van der Waals surface area contributed by atoms with Gasteiger partial charge >= 0.3 is 6.16 Å². The molecular formula is C18H24O5. The fraction of sp³-hybridized carbons (Fsp3) is 0.500. The third kappa shape index (κ3) is 3.14. The molecule has 0 N–H and O–H groups in total. The second-order valence-corrected chi connectivity index (χ2v) is 6.26. The summed E-state index contributed by atoms with van der Waals surface area (Å²) in [4.78, 5) is 11.8. The first kappa shape index (κ1) is 17.2. The van der Waals surface area contributed by atoms with Gasteiger partial charge in [0, 0.05) is 0 Å². The molecule has 5 heteroatoms. The number of carbonyl (C=O) groups is 1. The average Bonchev–Trinajstić information content (AvgIpc) is 2.87. The van der Waals surface area contributed by atoms with E-state index in [-0.39, 0.29) is 11.8 Å². The van der Waals surface area contributed by atoms with Crippen LogP contribution in [-0.2, 0) is 9.47 Å². The van der Waals surface area contributed by atoms with Gasteiger partial charge in [-0.25, -0.2) is 4.79 Å². The number of methoxy groups -OCH3 is 1. The molecule has 0 spiro atoms. The minimum Gasteiger partial charge on any atom is -0.497 e. The molecule has 1 fully saturated rings. The van der Waals surface area contributed by atoms with Crippen molar-refractivity contribution >= 4 is 6.16 Å². The largest absolute Gasteiger partial charge is 0.509 e. The molecule has 0 amide bonds. The van der Waals surface area contributed by atoms with E-state index < -0.39 is 17.9 Å². The second kappa shape index (κ2) is 6.52. The number of hydrogen-bond donors (Lipinski definition) is 0. The number of cyclic esters (lactones) is 2. The van der Waals surface area contributed by atoms with Crippen LogP contribution in [0.1, 0.15) is 27.7 Å². The Balaban J connectivity index is 2.23. The van der Waals surface area contributed by atoms with Crippen LogP contribution in [0.3, 0.4) is 0 Å². The van der Waals surface area contributed by atoms with Crippen molar-refractivity contribution in [3.05, 3.63) is 36.6 Å². The summed E-state index contributed by atoms with van der Waals surface area (Å²) in [6, 6.07) is 7.12. The summed E-state index contributed by atoms with van der Waals surface area (Å²) >= 11 is 0. The van der Waals surface area contributed by atoms with E-state index in [0.29, 0.717) is 11.5 Å². The van der Waals surface area contributed by atoms with Crippen LogP contribution in [0.25, 0.3) is 0 Å². The SMILES string of the molecule is C=C(Oc1ccc(OC)cc1)C1OC(=O)OC1(C(C)C)C(C)C. The first-order valence-electron chi connectivity index (χ1n) is 7.71. The molecule has 23 heavy (non-hydrogen) atoms. The normalized spacial score (nSPS) is 19.4. The Morgan fingerprint density at radius 3 is 2.13 bits per heavy atom. The Kier molecular flexibility index (Phi) is 4.88. The molecule has 0 radical (unpaired) electrons. The van der Waals surface area contributed by atoms with Gasteiger partial charge in [0.15, 0.2) is 5.60 Å². The van der Waals surface area contributed by atoms with E-state index in [9.17, 15) is 4.79 Å². The van der Waals surface area contributed by atoms with Crippen molar-refractivity contribution in [1.82, 2.24) is 0 Å². The smallest absolute Gasteiger partial charge is 0.497 e. The number of rotatable bonds is 6. The Bertz CT molecular complexity index is 566. The van der Waals surface area contributed by atoms with E-state index in [0.717, 1.165) is 5.75 Å². The Hall–Kier alpha value is -2.17. The number of carbonyl (C=O) groups excluding carboxylic acids is 1. The van der Waals surface area contributed by atoms with Gasteiger partial charge in [-0.15, -0.1) is 0 Å². The monoisotopic (exact) mass is 320 g/mol. The Morgan fingerprint density at radius 1 is 1.13 bits per heavy atom. The lowest BCUT2D eigenvalue weighted by molar-refractivity contribution is -0.0497. The number of hydrogen-bond acceptors (Lipinski definition) is 5. The highest BCUT2D eigenvalue weighted by Crippen LogP contribution is 2.43. The highest BCUT2D eigenvalue weighted by atomic mass is 16.8. The average molecular weight is 320 g/mol. The van der Waals surface area contributed by atoms with Gasteiger partial charge in [-0.2, -0.15) is 0 Å². The van der Waals surface area contributed by atoms with Crippen LogP contribution in [0.4, 0.5) is 4.79 Å². The third-order valence-corrected chi connectivity index (χ3v) is 4.29. The molecule has 1 unspecified atom stereocenters. The minimum absolute atomic E-state index is 0.0511. The van der Waals surface area contributed by atoms with Gasteiger partial charge in [0.25, 0.3) is 0 Å². The van der Waals surface area contributed by atoms with Crippen molar-refractivity contribution in [2.45, 2.75) is 39.4 Å². The van der Waals surface area contributed by atoms with Crippen molar-refractivity contribution in [2.75, 3.05) is 7.11 Å². The van der Waals surface area contributed by atoms with Gasteiger partial charge in [0.1, 0.15) is 17.3 Å². The predicted octanol–water partition coefficient (Wildman–Crippen LogP) is 4.17. The maximum atomic E-state index is 11.8. The lowest BCUT2D eigenvalue weighted by Crippen LogP contribution is -2.50. The van der Waals surface area contributed by atoms with Crippen LogP contribution in [0, 0.1) is 11.8 Å². The predicted molar refractivity (Wildman–Crippen MR) is 86.5 cm³/mol. The molecule has 1 heterocycles. The van der Waals surface area contributed by atoms with E-state index in [2.05, 4.69) is 6.58 Å². The van der Waals surface area contributed by atoms with Crippen LogP contribution < -0.4 is 9.47 Å². The molecule has 126 valence electrons. The summed E-state index contributed by atoms with van der Waals surface area (Å²) in [5.41, 5.74) is -0.791. The van der Waals surface area contributed by atoms with Crippen LogP contribution in [0.5, 0.6) is 11.5 Å². The molecule has 1 aromatic rings. The second-order valence-electron chi connectivity index (χ2n) is 6.26. The summed E-state index contributed by atoms with van der Waals surface area (Å²) in [6.07, 6.45) is -1.34. The number of benzene rings is 1. The standard InChI is InChI=1S/C18H24O5/c1-11(2)18(12(3)4)16(22-17(19)23-18)13(5)21-15-9-7-14(20-6)8-10-15/h7-12,16H,5H2,1-4,6H3. The third-order valence-electron chi connectivity index (χ3n) is 4.29.